The van der Waals surface area contributed by atoms with E-state index in [0.29, 0.717) is 24.2 Å². The van der Waals surface area contributed by atoms with Gasteiger partial charge in [-0.1, -0.05) is 51.1 Å². The van der Waals surface area contributed by atoms with Crippen LogP contribution >= 0.6 is 8.53 Å². The van der Waals surface area contributed by atoms with Crippen LogP contribution in [0.15, 0.2) is 45.3 Å². The van der Waals surface area contributed by atoms with Gasteiger partial charge in [0.1, 0.15) is 37.0 Å². The number of hydrogen-bond donors (Lipinski definition) is 4. The number of amidine groups is 1. The van der Waals surface area contributed by atoms with Crippen molar-refractivity contribution in [1.82, 2.24) is 15.1 Å². The molecule has 0 aromatic heterocycles. The molecule has 2 unspecified atom stereocenters. The first-order valence-electron chi connectivity index (χ1n) is 16.2. The largest absolute Gasteiger partial charge is 0.407 e. The Labute approximate surface area is 286 Å². The summed E-state index contributed by atoms with van der Waals surface area (Å²) in [6, 6.07) is 10.8. The summed E-state index contributed by atoms with van der Waals surface area (Å²) >= 11 is 0. The van der Waals surface area contributed by atoms with E-state index in [2.05, 4.69) is 60.1 Å². The van der Waals surface area contributed by atoms with E-state index in [-0.39, 0.29) is 23.5 Å². The average Bonchev–Trinajstić information content (AvgIpc) is 3.60. The number of Topliss-reactive ketones (excluding diaryl/α,β-unsaturated/α-hetero) is 1. The fourth-order valence-electron chi connectivity index (χ4n) is 5.80. The maximum absolute atomic E-state index is 13.6. The van der Waals surface area contributed by atoms with Crippen molar-refractivity contribution in [2.45, 2.75) is 121 Å². The predicted molar refractivity (Wildman–Crippen MR) is 189 cm³/mol. The third-order valence-corrected chi connectivity index (χ3v) is 14.8. The van der Waals surface area contributed by atoms with Gasteiger partial charge in [-0.05, 0) is 52.2 Å². The zero-order valence-corrected chi connectivity index (χ0v) is 31.3. The molecule has 0 radical (unpaired) electrons. The minimum Gasteiger partial charge on any atom is -0.407 e. The fourth-order valence-corrected chi connectivity index (χ4v) is 8.30. The molecule has 14 nitrogen and oxygen atoms in total. The van der Waals surface area contributed by atoms with Gasteiger partial charge in [0.05, 0.1) is 12.7 Å². The Balaban J connectivity index is 1.65. The third kappa shape index (κ3) is 7.79. The smallest absolute Gasteiger partial charge is 0.268 e. The van der Waals surface area contributed by atoms with Gasteiger partial charge in [-0.15, -0.1) is 0 Å². The average molecular weight is 703 g/mol. The molecule has 6 atom stereocenters. The lowest BCUT2D eigenvalue weighted by Gasteiger charge is -2.43. The molecule has 1 aromatic carbocycles. The summed E-state index contributed by atoms with van der Waals surface area (Å²) in [5.41, 5.74) is 5.00. The first-order chi connectivity index (χ1) is 22.4. The number of hydrogen-bond acceptors (Lipinski definition) is 14. The number of carbonyl (C=O) groups excluding carboxylic acids is 1. The number of carbonyl (C=O) groups is 1. The Morgan fingerprint density at radius 1 is 1.27 bits per heavy atom. The van der Waals surface area contributed by atoms with Crippen LogP contribution < -0.4 is 10.9 Å². The highest BCUT2D eigenvalue weighted by molar-refractivity contribution is 7.43. The van der Waals surface area contributed by atoms with Crippen molar-refractivity contribution >= 4 is 40.5 Å². The maximum atomic E-state index is 13.6. The fraction of sp³-hybridized carbons (Fsp3) is 0.656. The second-order valence-corrected chi connectivity index (χ2v) is 20.5. The number of nitriles is 1. The molecule has 1 saturated heterocycles. The summed E-state index contributed by atoms with van der Waals surface area (Å²) < 4.78 is 19.8. The molecule has 48 heavy (non-hydrogen) atoms. The Hall–Kier alpha value is -2.48. The number of ketones is 1. The van der Waals surface area contributed by atoms with Crippen molar-refractivity contribution in [1.29, 1.82) is 5.26 Å². The SMILES string of the molecule is CC(C)N(NP(O)O[C@H]1[C@@H](O[Si](C)(C)C(C)(C)C)[C@H](N2CN=C3C2=NC=NC3(N)C(=O)c2ccccc2)O[C@@H]1CO)C(C)(C)CCC#N. The number of nitrogens with zero attached hydrogens (tertiary/aromatic N) is 6. The standard InChI is InChI=1S/C32H51N8O6PSi/c1-21(2)40(31(6,7)16-13-17-33)38-47(43)45-24-23(18-41)44-29(25(24)46-48(8,9)30(3,4)5)39-20-36-26-28(39)35-19-37-32(26,34)27(42)22-14-11-10-12-15-22/h10-12,14-15,19,21,23-25,29,38,41,43H,13,16,18,20,34H2,1-9H3/t23-,24-,25-,29-,32?,47?/m1/s1. The van der Waals surface area contributed by atoms with E-state index in [0.717, 1.165) is 0 Å². The van der Waals surface area contributed by atoms with Crippen molar-refractivity contribution in [3.8, 4) is 6.07 Å². The van der Waals surface area contributed by atoms with Gasteiger partial charge in [0, 0.05) is 23.6 Å². The van der Waals surface area contributed by atoms with E-state index in [9.17, 15) is 20.1 Å². The first kappa shape index (κ1) is 38.3. The number of nitrogens with one attached hydrogen (secondary N) is 1. The van der Waals surface area contributed by atoms with E-state index >= 15 is 0 Å². The lowest BCUT2D eigenvalue weighted by molar-refractivity contribution is -0.0665. The van der Waals surface area contributed by atoms with Crippen LogP contribution in [-0.2, 0) is 13.7 Å². The van der Waals surface area contributed by atoms with Gasteiger partial charge in [0.15, 0.2) is 20.4 Å². The number of ether oxygens (including phenoxy) is 1. The second kappa shape index (κ2) is 14.8. The van der Waals surface area contributed by atoms with Crippen molar-refractivity contribution in [3.05, 3.63) is 35.9 Å². The minimum absolute atomic E-state index is 0.0405. The van der Waals surface area contributed by atoms with Crippen molar-refractivity contribution in [2.75, 3.05) is 13.3 Å². The summed E-state index contributed by atoms with van der Waals surface area (Å²) in [6.45, 7) is 18.1. The van der Waals surface area contributed by atoms with Crippen LogP contribution in [0.5, 0.6) is 0 Å². The zero-order chi connectivity index (χ0) is 35.7. The monoisotopic (exact) mass is 702 g/mol. The van der Waals surface area contributed by atoms with Gasteiger partial charge in [0.25, 0.3) is 8.53 Å². The maximum Gasteiger partial charge on any atom is 0.268 e. The molecule has 1 fully saturated rings. The number of fused-ring (bicyclic) bond motifs is 1. The number of aliphatic imine (C=N–C) groups is 3. The van der Waals surface area contributed by atoms with Gasteiger partial charge in [-0.2, -0.15) is 10.5 Å². The summed E-state index contributed by atoms with van der Waals surface area (Å²) in [4.78, 5) is 40.2. The molecule has 3 aliphatic rings. The van der Waals surface area contributed by atoms with E-state index in [1.54, 1.807) is 29.2 Å². The molecule has 0 saturated carbocycles. The molecule has 4 rings (SSSR count). The van der Waals surface area contributed by atoms with Crippen molar-refractivity contribution in [2.24, 2.45) is 20.7 Å². The van der Waals surface area contributed by atoms with E-state index < -0.39 is 65.0 Å². The molecule has 3 aliphatic heterocycles. The second-order valence-electron chi connectivity index (χ2n) is 14.7. The molecule has 16 heteroatoms. The predicted octanol–water partition coefficient (Wildman–Crippen LogP) is 3.69. The Bertz CT molecular complexity index is 1450. The molecular weight excluding hydrogens is 651 g/mol. The molecule has 0 bridgehead atoms. The van der Waals surface area contributed by atoms with Gasteiger partial charge in [-0.3, -0.25) is 15.5 Å². The molecule has 0 amide bonds. The normalized spacial score (nSPS) is 26.8. The van der Waals surface area contributed by atoms with Gasteiger partial charge in [0.2, 0.25) is 11.4 Å². The first-order valence-corrected chi connectivity index (χ1v) is 20.3. The lowest BCUT2D eigenvalue weighted by Crippen LogP contribution is -2.60. The molecule has 0 aliphatic carbocycles. The van der Waals surface area contributed by atoms with Crippen molar-refractivity contribution < 1.29 is 28.5 Å². The van der Waals surface area contributed by atoms with Gasteiger partial charge < -0.3 is 28.6 Å². The Kier molecular flexibility index (Phi) is 11.8. The molecule has 0 spiro atoms. The summed E-state index contributed by atoms with van der Waals surface area (Å²) in [7, 11) is -4.81. The Morgan fingerprint density at radius 2 is 1.94 bits per heavy atom. The van der Waals surface area contributed by atoms with Gasteiger partial charge in [-0.25, -0.2) is 15.0 Å². The van der Waals surface area contributed by atoms with Crippen LogP contribution in [0, 0.1) is 11.3 Å². The Morgan fingerprint density at radius 3 is 2.52 bits per heavy atom. The molecule has 1 aromatic rings. The molecule has 264 valence electrons. The molecule has 5 N–H and O–H groups in total. The quantitative estimate of drug-likeness (QED) is 0.0957. The highest BCUT2D eigenvalue weighted by Gasteiger charge is 2.57. The topological polar surface area (TPSA) is 191 Å². The van der Waals surface area contributed by atoms with Gasteiger partial charge >= 0.3 is 0 Å². The number of hydrazine groups is 1. The van der Waals surface area contributed by atoms with E-state index in [4.69, 9.17) is 19.4 Å². The van der Waals surface area contributed by atoms with Crippen LogP contribution in [0.1, 0.15) is 71.7 Å². The number of aliphatic hydroxyl groups excluding tert-OH is 1. The number of benzene rings is 1. The van der Waals surface area contributed by atoms with Crippen LogP contribution in [0.3, 0.4) is 0 Å². The highest BCUT2D eigenvalue weighted by Crippen LogP contribution is 2.44. The summed E-state index contributed by atoms with van der Waals surface area (Å²) in [5, 5.41) is 24.6. The summed E-state index contributed by atoms with van der Waals surface area (Å²) in [5.74, 6) is -0.106. The van der Waals surface area contributed by atoms with E-state index in [1.807, 2.05) is 38.8 Å². The van der Waals surface area contributed by atoms with Crippen LogP contribution in [0.25, 0.3) is 0 Å². The summed E-state index contributed by atoms with van der Waals surface area (Å²) in [6.07, 6.45) is -1.25. The third-order valence-electron chi connectivity index (χ3n) is 9.49. The minimum atomic E-state index is -2.51. The molecular formula is C32H51N8O6PSi. The highest BCUT2D eigenvalue weighted by atomic mass is 31.2. The number of aliphatic hydroxyl groups is 1. The zero-order valence-electron chi connectivity index (χ0n) is 29.4. The lowest BCUT2D eigenvalue weighted by atomic mass is 9.93. The molecule has 3 heterocycles. The number of rotatable bonds is 14. The van der Waals surface area contributed by atoms with E-state index in [1.165, 1.54) is 6.34 Å². The van der Waals surface area contributed by atoms with Crippen LogP contribution in [-0.4, -0.2) is 107 Å². The van der Waals surface area contributed by atoms with Crippen LogP contribution in [0.2, 0.25) is 18.1 Å². The van der Waals surface area contributed by atoms with Crippen LogP contribution in [0.4, 0.5) is 0 Å². The van der Waals surface area contributed by atoms with Crippen molar-refractivity contribution in [3.63, 3.8) is 0 Å². The number of nitrogens with two attached hydrogens (primary N) is 1.